The molecule has 0 spiro atoms. The van der Waals surface area contributed by atoms with Crippen molar-refractivity contribution in [3.05, 3.63) is 52.5 Å². The molecule has 1 aliphatic heterocycles. The zero-order valence-corrected chi connectivity index (χ0v) is 13.7. The van der Waals surface area contributed by atoms with Crippen molar-refractivity contribution < 1.29 is 14.3 Å². The van der Waals surface area contributed by atoms with Gasteiger partial charge in [0, 0.05) is 16.2 Å². The van der Waals surface area contributed by atoms with Crippen molar-refractivity contribution >= 4 is 33.7 Å². The molecule has 118 valence electrons. The normalized spacial score (nSPS) is 12.4. The minimum atomic E-state index is -0.242. The molecule has 23 heavy (non-hydrogen) atoms. The number of carbonyl (C=O) groups is 1. The predicted molar refractivity (Wildman–Crippen MR) is 90.9 cm³/mol. The van der Waals surface area contributed by atoms with Crippen LogP contribution in [0.4, 0.5) is 5.69 Å². The zero-order chi connectivity index (χ0) is 16.1. The first kappa shape index (κ1) is 15.4. The van der Waals surface area contributed by atoms with Crippen molar-refractivity contribution in [2.45, 2.75) is 0 Å². The first-order valence-electron chi connectivity index (χ1n) is 6.92. The Morgan fingerprint density at radius 3 is 2.96 bits per heavy atom. The first-order chi connectivity index (χ1) is 11.2. The second-order valence-corrected chi connectivity index (χ2v) is 5.69. The Hall–Kier alpha value is -2.54. The highest BCUT2D eigenvalue weighted by molar-refractivity contribution is 9.10. The van der Waals surface area contributed by atoms with Gasteiger partial charge in [-0.2, -0.15) is 5.10 Å². The van der Waals surface area contributed by atoms with Crippen LogP contribution in [0.5, 0.6) is 11.5 Å². The number of fused-ring (bicyclic) bond motifs is 1. The molecule has 2 aromatic rings. The third-order valence-corrected chi connectivity index (χ3v) is 3.57. The number of rotatable bonds is 5. The lowest BCUT2D eigenvalue weighted by Crippen LogP contribution is -2.25. The molecule has 3 rings (SSSR count). The molecule has 6 nitrogen and oxygen atoms in total. The molecule has 0 aromatic heterocycles. The molecule has 1 heterocycles. The largest absolute Gasteiger partial charge is 0.454 e. The lowest BCUT2D eigenvalue weighted by Gasteiger charge is -2.06. The molecule has 0 saturated carbocycles. The van der Waals surface area contributed by atoms with Crippen LogP contribution in [0.2, 0.25) is 0 Å². The Kier molecular flexibility index (Phi) is 4.77. The van der Waals surface area contributed by atoms with Crippen LogP contribution in [-0.2, 0) is 4.79 Å². The van der Waals surface area contributed by atoms with E-state index in [0.717, 1.165) is 15.7 Å². The maximum absolute atomic E-state index is 11.8. The van der Waals surface area contributed by atoms with E-state index < -0.39 is 0 Å². The van der Waals surface area contributed by atoms with Gasteiger partial charge in [0.15, 0.2) is 11.5 Å². The van der Waals surface area contributed by atoms with E-state index in [1.54, 1.807) is 18.3 Å². The van der Waals surface area contributed by atoms with Crippen LogP contribution < -0.4 is 20.2 Å². The third-order valence-electron chi connectivity index (χ3n) is 3.08. The molecule has 0 unspecified atom stereocenters. The van der Waals surface area contributed by atoms with E-state index in [1.807, 2.05) is 30.3 Å². The highest BCUT2D eigenvalue weighted by Crippen LogP contribution is 2.34. The van der Waals surface area contributed by atoms with Crippen molar-refractivity contribution in [1.82, 2.24) is 5.43 Å². The second kappa shape index (κ2) is 7.15. The lowest BCUT2D eigenvalue weighted by atomic mass is 10.2. The summed E-state index contributed by atoms with van der Waals surface area (Å²) in [5.41, 5.74) is 4.14. The molecule has 7 heteroatoms. The Morgan fingerprint density at radius 1 is 1.22 bits per heavy atom. The summed E-state index contributed by atoms with van der Waals surface area (Å²) in [6.07, 6.45) is 1.59. The van der Waals surface area contributed by atoms with E-state index in [-0.39, 0.29) is 19.2 Å². The van der Waals surface area contributed by atoms with Gasteiger partial charge in [-0.05, 0) is 29.8 Å². The van der Waals surface area contributed by atoms with E-state index >= 15 is 0 Å². The highest BCUT2D eigenvalue weighted by Gasteiger charge is 2.13. The maximum Gasteiger partial charge on any atom is 0.259 e. The molecular weight excluding hydrogens is 362 g/mol. The number of nitrogens with one attached hydrogen (secondary N) is 2. The van der Waals surface area contributed by atoms with Crippen molar-refractivity contribution in [2.24, 2.45) is 5.10 Å². The van der Waals surface area contributed by atoms with Gasteiger partial charge in [-0.15, -0.1) is 0 Å². The number of hydrazone groups is 1. The van der Waals surface area contributed by atoms with Crippen molar-refractivity contribution in [1.29, 1.82) is 0 Å². The van der Waals surface area contributed by atoms with E-state index in [0.29, 0.717) is 11.5 Å². The number of nitrogens with zero attached hydrogens (tertiary/aromatic N) is 1. The molecular formula is C16H14BrN3O3. The first-order valence-corrected chi connectivity index (χ1v) is 7.71. The fourth-order valence-corrected chi connectivity index (χ4v) is 2.41. The Balaban J connectivity index is 1.48. The minimum Gasteiger partial charge on any atom is -0.454 e. The number of benzene rings is 2. The second-order valence-electron chi connectivity index (χ2n) is 4.77. The molecule has 0 fully saturated rings. The summed E-state index contributed by atoms with van der Waals surface area (Å²) >= 11 is 3.38. The summed E-state index contributed by atoms with van der Waals surface area (Å²) in [4.78, 5) is 11.8. The van der Waals surface area contributed by atoms with E-state index in [9.17, 15) is 4.79 Å². The monoisotopic (exact) mass is 375 g/mol. The standard InChI is InChI=1S/C16H14BrN3O3/c17-12-3-1-2-11(6-12)8-19-20-16(21)9-18-13-4-5-14-15(7-13)23-10-22-14/h1-8,18H,9-10H2,(H,20,21)/b19-8-. The number of hydrogen-bond acceptors (Lipinski definition) is 5. The van der Waals surface area contributed by atoms with Crippen LogP contribution in [0.3, 0.4) is 0 Å². The van der Waals surface area contributed by atoms with Gasteiger partial charge in [0.2, 0.25) is 6.79 Å². The maximum atomic E-state index is 11.8. The Morgan fingerprint density at radius 2 is 2.09 bits per heavy atom. The number of carbonyl (C=O) groups excluding carboxylic acids is 1. The number of halogens is 1. The predicted octanol–water partition coefficient (Wildman–Crippen LogP) is 2.74. The van der Waals surface area contributed by atoms with Crippen molar-refractivity contribution in [3.63, 3.8) is 0 Å². The molecule has 1 aliphatic rings. The van der Waals surface area contributed by atoms with Gasteiger partial charge in [-0.1, -0.05) is 28.1 Å². The third kappa shape index (κ3) is 4.23. The average Bonchev–Trinajstić information content (AvgIpc) is 3.00. The van der Waals surface area contributed by atoms with Crippen LogP contribution in [0.25, 0.3) is 0 Å². The summed E-state index contributed by atoms with van der Waals surface area (Å²) in [6, 6.07) is 13.0. The topological polar surface area (TPSA) is 72.0 Å². The van der Waals surface area contributed by atoms with Crippen LogP contribution in [0, 0.1) is 0 Å². The number of hydrogen-bond donors (Lipinski definition) is 2. The number of amides is 1. The SMILES string of the molecule is O=C(CNc1ccc2c(c1)OCO2)N/N=C\c1cccc(Br)c1. The summed E-state index contributed by atoms with van der Waals surface area (Å²) in [7, 11) is 0. The van der Waals surface area contributed by atoms with Gasteiger partial charge in [0.05, 0.1) is 12.8 Å². The van der Waals surface area contributed by atoms with Gasteiger partial charge in [0.25, 0.3) is 5.91 Å². The number of ether oxygens (including phenoxy) is 2. The van der Waals surface area contributed by atoms with Crippen LogP contribution in [0.1, 0.15) is 5.56 Å². The molecule has 0 aliphatic carbocycles. The summed E-state index contributed by atoms with van der Waals surface area (Å²) in [5.74, 6) is 1.13. The molecule has 0 saturated heterocycles. The van der Waals surface area contributed by atoms with E-state index in [4.69, 9.17) is 9.47 Å². The molecule has 2 N–H and O–H groups in total. The molecule has 0 radical (unpaired) electrons. The summed E-state index contributed by atoms with van der Waals surface area (Å²) in [6.45, 7) is 0.332. The zero-order valence-electron chi connectivity index (χ0n) is 12.1. The van der Waals surface area contributed by atoms with Crippen LogP contribution in [0.15, 0.2) is 52.0 Å². The van der Waals surface area contributed by atoms with Crippen molar-refractivity contribution in [3.8, 4) is 11.5 Å². The molecule has 2 aromatic carbocycles. The summed E-state index contributed by atoms with van der Waals surface area (Å²) in [5, 5.41) is 6.93. The highest BCUT2D eigenvalue weighted by atomic mass is 79.9. The van der Waals surface area contributed by atoms with Gasteiger partial charge in [-0.3, -0.25) is 4.79 Å². The Bertz CT molecular complexity index is 749. The van der Waals surface area contributed by atoms with Gasteiger partial charge in [-0.25, -0.2) is 5.43 Å². The van der Waals surface area contributed by atoms with Crippen LogP contribution >= 0.6 is 15.9 Å². The molecule has 0 bridgehead atoms. The fraction of sp³-hybridized carbons (Fsp3) is 0.125. The van der Waals surface area contributed by atoms with E-state index in [1.165, 1.54) is 0 Å². The van der Waals surface area contributed by atoms with Gasteiger partial charge < -0.3 is 14.8 Å². The molecule has 1 amide bonds. The summed E-state index contributed by atoms with van der Waals surface area (Å²) < 4.78 is 11.5. The molecule has 0 atom stereocenters. The number of anilines is 1. The quantitative estimate of drug-likeness (QED) is 0.622. The fourth-order valence-electron chi connectivity index (χ4n) is 1.99. The lowest BCUT2D eigenvalue weighted by molar-refractivity contribution is -0.119. The van der Waals surface area contributed by atoms with Gasteiger partial charge >= 0.3 is 0 Å². The average molecular weight is 376 g/mol. The van der Waals surface area contributed by atoms with Crippen molar-refractivity contribution in [2.75, 3.05) is 18.7 Å². The Labute approximate surface area is 141 Å². The smallest absolute Gasteiger partial charge is 0.259 e. The van der Waals surface area contributed by atoms with Crippen LogP contribution in [-0.4, -0.2) is 25.5 Å². The van der Waals surface area contributed by atoms with E-state index in [2.05, 4.69) is 31.8 Å². The van der Waals surface area contributed by atoms with Gasteiger partial charge in [0.1, 0.15) is 0 Å². The minimum absolute atomic E-state index is 0.107.